The smallest absolute Gasteiger partial charge is 0.0466 e. The van der Waals surface area contributed by atoms with Gasteiger partial charge in [0.25, 0.3) is 0 Å². The van der Waals surface area contributed by atoms with Gasteiger partial charge in [-0.3, -0.25) is 4.98 Å². The average molecular weight is 337 g/mol. The third-order valence-corrected chi connectivity index (χ3v) is 4.26. The maximum Gasteiger partial charge on any atom is 0.0466 e. The minimum absolute atomic E-state index is 0.0389. The first-order chi connectivity index (χ1) is 11.5. The Morgan fingerprint density at radius 2 is 1.16 bits per heavy atom. The molecule has 0 bridgehead atoms. The van der Waals surface area contributed by atoms with Crippen LogP contribution in [0, 0.1) is 0 Å². The molecule has 0 atom stereocenters. The van der Waals surface area contributed by atoms with Gasteiger partial charge in [0.05, 0.1) is 0 Å². The Bertz CT molecular complexity index is 707. The number of hydrogen-bond donors (Lipinski definition) is 0. The van der Waals surface area contributed by atoms with E-state index in [0.717, 1.165) is 11.4 Å². The molecule has 0 spiro atoms. The van der Waals surface area contributed by atoms with Crippen LogP contribution in [-0.4, -0.2) is 19.1 Å². The third kappa shape index (κ3) is 5.19. The standard InChI is InChI=1S/C23H32N2/c1-22(2,3)20-15-18(16-21(24-20)23(4,5)6)10-9-17-11-13-19(14-12-17)25(7)8/h9-16H,1-8H3/b10-9+. The molecule has 0 radical (unpaired) electrons. The van der Waals surface area contributed by atoms with Gasteiger partial charge in [0.15, 0.2) is 0 Å². The first-order valence-corrected chi connectivity index (χ1v) is 8.95. The van der Waals surface area contributed by atoms with Crippen LogP contribution in [0.1, 0.15) is 64.1 Å². The number of hydrogen-bond acceptors (Lipinski definition) is 2. The van der Waals surface area contributed by atoms with Crippen LogP contribution in [0.15, 0.2) is 36.4 Å². The van der Waals surface area contributed by atoms with Crippen LogP contribution in [0.3, 0.4) is 0 Å². The Labute approximate surface area is 153 Å². The van der Waals surface area contributed by atoms with Gasteiger partial charge >= 0.3 is 0 Å². The summed E-state index contributed by atoms with van der Waals surface area (Å²) in [7, 11) is 4.12. The second kappa shape index (κ2) is 7.03. The van der Waals surface area contributed by atoms with Gasteiger partial charge in [-0.05, 0) is 35.4 Å². The van der Waals surface area contributed by atoms with Gasteiger partial charge in [0, 0.05) is 42.0 Å². The Balaban J connectivity index is 2.37. The van der Waals surface area contributed by atoms with E-state index in [4.69, 9.17) is 4.98 Å². The molecule has 1 aromatic carbocycles. The lowest BCUT2D eigenvalue weighted by Crippen LogP contribution is -2.20. The molecule has 2 aromatic rings. The van der Waals surface area contributed by atoms with Gasteiger partial charge in [-0.1, -0.05) is 65.8 Å². The lowest BCUT2D eigenvalue weighted by Gasteiger charge is -2.24. The van der Waals surface area contributed by atoms with Gasteiger partial charge in [0.1, 0.15) is 0 Å². The molecular formula is C23H32N2. The minimum Gasteiger partial charge on any atom is -0.378 e. The van der Waals surface area contributed by atoms with Crippen molar-refractivity contribution in [2.45, 2.75) is 52.4 Å². The van der Waals surface area contributed by atoms with E-state index in [1.807, 2.05) is 0 Å². The molecular weight excluding hydrogens is 304 g/mol. The van der Waals surface area contributed by atoms with Gasteiger partial charge in [0.2, 0.25) is 0 Å². The Kier molecular flexibility index (Phi) is 5.41. The molecule has 0 fully saturated rings. The van der Waals surface area contributed by atoms with Crippen LogP contribution in [0.25, 0.3) is 12.2 Å². The fourth-order valence-corrected chi connectivity index (χ4v) is 2.49. The highest BCUT2D eigenvalue weighted by Crippen LogP contribution is 2.28. The summed E-state index contributed by atoms with van der Waals surface area (Å²) in [5, 5.41) is 0. The largest absolute Gasteiger partial charge is 0.378 e. The highest BCUT2D eigenvalue weighted by Gasteiger charge is 2.21. The summed E-state index contributed by atoms with van der Waals surface area (Å²) in [6.07, 6.45) is 4.37. The molecule has 0 aliphatic carbocycles. The van der Waals surface area contributed by atoms with E-state index in [1.165, 1.54) is 16.8 Å². The molecule has 1 aromatic heterocycles. The summed E-state index contributed by atoms with van der Waals surface area (Å²) in [5.74, 6) is 0. The van der Waals surface area contributed by atoms with E-state index < -0.39 is 0 Å². The quantitative estimate of drug-likeness (QED) is 0.692. The van der Waals surface area contributed by atoms with Gasteiger partial charge in [-0.2, -0.15) is 0 Å². The summed E-state index contributed by atoms with van der Waals surface area (Å²) in [4.78, 5) is 7.04. The Morgan fingerprint density at radius 3 is 1.56 bits per heavy atom. The molecule has 0 unspecified atom stereocenters. The molecule has 0 saturated carbocycles. The fraction of sp³-hybridized carbons (Fsp3) is 0.435. The summed E-state index contributed by atoms with van der Waals surface area (Å²) < 4.78 is 0. The highest BCUT2D eigenvalue weighted by molar-refractivity contribution is 5.71. The number of nitrogens with zero attached hydrogens (tertiary/aromatic N) is 2. The summed E-state index contributed by atoms with van der Waals surface area (Å²) in [6, 6.07) is 13.0. The van der Waals surface area contributed by atoms with Crippen molar-refractivity contribution in [3.63, 3.8) is 0 Å². The average Bonchev–Trinajstić information content (AvgIpc) is 2.51. The lowest BCUT2D eigenvalue weighted by molar-refractivity contribution is 0.531. The van der Waals surface area contributed by atoms with Crippen molar-refractivity contribution in [1.82, 2.24) is 4.98 Å². The van der Waals surface area contributed by atoms with Crippen molar-refractivity contribution < 1.29 is 0 Å². The summed E-state index contributed by atoms with van der Waals surface area (Å²) >= 11 is 0. The molecule has 0 amide bonds. The Morgan fingerprint density at radius 1 is 0.720 bits per heavy atom. The maximum atomic E-state index is 4.92. The van der Waals surface area contributed by atoms with E-state index >= 15 is 0 Å². The van der Waals surface area contributed by atoms with E-state index in [9.17, 15) is 0 Å². The van der Waals surface area contributed by atoms with Gasteiger partial charge in [-0.25, -0.2) is 0 Å². The summed E-state index contributed by atoms with van der Waals surface area (Å²) in [6.45, 7) is 13.3. The van der Waals surface area contributed by atoms with Crippen LogP contribution in [0.2, 0.25) is 0 Å². The molecule has 0 aliphatic heterocycles. The van der Waals surface area contributed by atoms with E-state index in [1.54, 1.807) is 0 Å². The molecule has 25 heavy (non-hydrogen) atoms. The topological polar surface area (TPSA) is 16.1 Å². The predicted octanol–water partition coefficient (Wildman–Crippen LogP) is 5.91. The molecule has 134 valence electrons. The van der Waals surface area contributed by atoms with Crippen molar-refractivity contribution >= 4 is 17.8 Å². The second-order valence-electron chi connectivity index (χ2n) is 8.99. The van der Waals surface area contributed by atoms with Crippen LogP contribution in [0.4, 0.5) is 5.69 Å². The first kappa shape index (κ1) is 19.2. The van der Waals surface area contributed by atoms with Crippen molar-refractivity contribution in [2.75, 3.05) is 19.0 Å². The van der Waals surface area contributed by atoms with Gasteiger partial charge < -0.3 is 4.90 Å². The highest BCUT2D eigenvalue weighted by atomic mass is 15.1. The number of anilines is 1. The van der Waals surface area contributed by atoms with Crippen molar-refractivity contribution in [3.05, 3.63) is 58.9 Å². The molecule has 0 N–H and O–H groups in total. The van der Waals surface area contributed by atoms with Crippen LogP contribution < -0.4 is 4.90 Å². The third-order valence-electron chi connectivity index (χ3n) is 4.26. The molecule has 0 aliphatic rings. The number of aromatic nitrogens is 1. The predicted molar refractivity (Wildman–Crippen MR) is 111 cm³/mol. The van der Waals surface area contributed by atoms with Gasteiger partial charge in [-0.15, -0.1) is 0 Å². The zero-order valence-electron chi connectivity index (χ0n) is 17.0. The van der Waals surface area contributed by atoms with Crippen molar-refractivity contribution in [2.24, 2.45) is 0 Å². The van der Waals surface area contributed by atoms with Crippen LogP contribution in [0.5, 0.6) is 0 Å². The number of benzene rings is 1. The normalized spacial score (nSPS) is 12.6. The van der Waals surface area contributed by atoms with Crippen LogP contribution in [-0.2, 0) is 10.8 Å². The SMILES string of the molecule is CN(C)c1ccc(/C=C/c2cc(C(C)(C)C)nc(C(C)(C)C)c2)cc1. The minimum atomic E-state index is 0.0389. The number of rotatable bonds is 3. The monoisotopic (exact) mass is 336 g/mol. The molecule has 2 nitrogen and oxygen atoms in total. The molecule has 2 rings (SSSR count). The van der Waals surface area contributed by atoms with Crippen LogP contribution >= 0.6 is 0 Å². The second-order valence-corrected chi connectivity index (χ2v) is 8.99. The molecule has 0 saturated heterocycles. The fourth-order valence-electron chi connectivity index (χ4n) is 2.49. The molecule has 2 heteroatoms. The Hall–Kier alpha value is -2.09. The summed E-state index contributed by atoms with van der Waals surface area (Å²) in [5.41, 5.74) is 5.99. The van der Waals surface area contributed by atoms with E-state index in [2.05, 4.69) is 109 Å². The lowest BCUT2D eigenvalue weighted by atomic mass is 9.86. The zero-order valence-corrected chi connectivity index (χ0v) is 17.0. The first-order valence-electron chi connectivity index (χ1n) is 8.95. The van der Waals surface area contributed by atoms with E-state index in [0.29, 0.717) is 0 Å². The maximum absolute atomic E-state index is 4.92. The van der Waals surface area contributed by atoms with Crippen molar-refractivity contribution in [1.29, 1.82) is 0 Å². The number of pyridine rings is 1. The molecule has 1 heterocycles. The van der Waals surface area contributed by atoms with Crippen molar-refractivity contribution in [3.8, 4) is 0 Å². The van der Waals surface area contributed by atoms with E-state index in [-0.39, 0.29) is 10.8 Å². The zero-order chi connectivity index (χ0) is 18.8.